The summed E-state index contributed by atoms with van der Waals surface area (Å²) in [4.78, 5) is 63.3. The van der Waals surface area contributed by atoms with E-state index in [1.165, 1.54) is 17.0 Å². The van der Waals surface area contributed by atoms with E-state index in [1.54, 1.807) is 30.3 Å². The standard InChI is InChI=1S/C39H28Cl3F3N4O5/c40-22-8-6-20(7-9-22)38-28(35(52)49(37(38)54)47-33-30(42)14-21(17-46-33)39(43,44)45)16-27-24(32(38)25-11-10-23(50)15-29(25)41)12-13-26-31(27)36(53)48(34(26)51)18-19-4-2-1-3-5-19/h1-12,14-15,17,26-28,31-32,50H,13,16,18H2,(H,46,47). The van der Waals surface area contributed by atoms with Gasteiger partial charge in [-0.1, -0.05) is 95.0 Å². The van der Waals surface area contributed by atoms with Gasteiger partial charge in [0, 0.05) is 22.2 Å². The number of fused-ring (bicyclic) bond motifs is 4. The summed E-state index contributed by atoms with van der Waals surface area (Å²) in [6.45, 7) is 0.0644. The number of imide groups is 2. The molecular formula is C39H28Cl3F3N4O5. The van der Waals surface area contributed by atoms with E-state index in [0.29, 0.717) is 39.0 Å². The second kappa shape index (κ2) is 13.1. The Labute approximate surface area is 321 Å². The highest BCUT2D eigenvalue weighted by Gasteiger charge is 2.70. The minimum absolute atomic E-state index is 0.0447. The Morgan fingerprint density at radius 2 is 1.59 bits per heavy atom. The van der Waals surface area contributed by atoms with E-state index in [2.05, 4.69) is 10.4 Å². The molecule has 0 radical (unpaired) electrons. The van der Waals surface area contributed by atoms with Gasteiger partial charge in [0.25, 0.3) is 11.8 Å². The summed E-state index contributed by atoms with van der Waals surface area (Å²) < 4.78 is 40.4. The van der Waals surface area contributed by atoms with E-state index in [9.17, 15) is 32.7 Å². The number of anilines is 1. The predicted molar refractivity (Wildman–Crippen MR) is 192 cm³/mol. The maximum absolute atomic E-state index is 15.2. The number of pyridine rings is 1. The number of alkyl halides is 3. The number of aromatic hydroxyl groups is 1. The van der Waals surface area contributed by atoms with Gasteiger partial charge in [0.15, 0.2) is 5.82 Å². The molecule has 1 saturated carbocycles. The number of carbonyl (C=O) groups is 4. The van der Waals surface area contributed by atoms with Crippen LogP contribution < -0.4 is 5.43 Å². The number of allylic oxidation sites excluding steroid dienone is 2. The van der Waals surface area contributed by atoms with Crippen LogP contribution in [0.3, 0.4) is 0 Å². The maximum atomic E-state index is 15.2. The second-order valence-electron chi connectivity index (χ2n) is 13.9. The zero-order valence-electron chi connectivity index (χ0n) is 27.9. The van der Waals surface area contributed by atoms with Crippen molar-refractivity contribution in [3.8, 4) is 5.75 Å². The van der Waals surface area contributed by atoms with Crippen LogP contribution in [0.15, 0.2) is 96.7 Å². The fourth-order valence-electron chi connectivity index (χ4n) is 8.86. The van der Waals surface area contributed by atoms with Crippen molar-refractivity contribution in [2.75, 3.05) is 5.43 Å². The summed E-state index contributed by atoms with van der Waals surface area (Å²) in [5, 5.41) is 11.0. The third-order valence-corrected chi connectivity index (χ3v) is 12.0. The molecule has 2 aliphatic heterocycles. The van der Waals surface area contributed by atoms with Crippen LogP contribution in [0.5, 0.6) is 5.75 Å². The first-order chi connectivity index (χ1) is 25.7. The number of hydrogen-bond donors (Lipinski definition) is 2. The molecule has 6 unspecified atom stereocenters. The molecule has 2 aliphatic carbocycles. The molecule has 276 valence electrons. The normalized spacial score (nSPS) is 26.4. The highest BCUT2D eigenvalue weighted by atomic mass is 35.5. The number of rotatable bonds is 6. The zero-order valence-corrected chi connectivity index (χ0v) is 30.1. The quantitative estimate of drug-likeness (QED) is 0.150. The van der Waals surface area contributed by atoms with Crippen LogP contribution in [0.4, 0.5) is 19.0 Å². The van der Waals surface area contributed by atoms with Gasteiger partial charge in [0.1, 0.15) is 5.75 Å². The van der Waals surface area contributed by atoms with Crippen molar-refractivity contribution in [1.29, 1.82) is 0 Å². The molecule has 6 atom stereocenters. The van der Waals surface area contributed by atoms with Gasteiger partial charge in [-0.25, -0.2) is 4.98 Å². The maximum Gasteiger partial charge on any atom is 0.417 e. The molecule has 3 heterocycles. The van der Waals surface area contributed by atoms with Crippen LogP contribution in [0.1, 0.15) is 41.0 Å². The largest absolute Gasteiger partial charge is 0.508 e. The number of nitrogens with zero attached hydrogens (tertiary/aromatic N) is 3. The fraction of sp³-hybridized carbons (Fsp3) is 0.256. The molecule has 0 bridgehead atoms. The Bertz CT molecular complexity index is 2270. The minimum Gasteiger partial charge on any atom is -0.508 e. The van der Waals surface area contributed by atoms with Gasteiger partial charge in [-0.2, -0.15) is 18.2 Å². The van der Waals surface area contributed by atoms with Crippen molar-refractivity contribution in [3.63, 3.8) is 0 Å². The SMILES string of the molecule is O=C1C2CC=C3C(CC4C(=O)N(Nc5ncc(C(F)(F)F)cc5Cl)C(=O)C4(c4ccc(Cl)cc4)C3c3ccc(O)cc3Cl)C2C(=O)N1Cc1ccccc1. The Balaban J connectivity index is 1.29. The van der Waals surface area contributed by atoms with Crippen molar-refractivity contribution in [2.24, 2.45) is 23.7 Å². The number of hydrogen-bond acceptors (Lipinski definition) is 7. The van der Waals surface area contributed by atoms with Gasteiger partial charge < -0.3 is 5.11 Å². The van der Waals surface area contributed by atoms with E-state index in [0.717, 1.165) is 5.56 Å². The average Bonchev–Trinajstić information content (AvgIpc) is 3.50. The van der Waals surface area contributed by atoms with E-state index < -0.39 is 69.5 Å². The van der Waals surface area contributed by atoms with Gasteiger partial charge in [-0.15, -0.1) is 0 Å². The Hall–Kier alpha value is -4.91. The number of benzene rings is 3. The number of likely N-dealkylation sites (tertiary alicyclic amines) is 1. The molecule has 0 spiro atoms. The topological polar surface area (TPSA) is 120 Å². The molecule has 3 aromatic carbocycles. The molecular weight excluding hydrogens is 768 g/mol. The molecule has 4 aliphatic rings. The number of carbonyl (C=O) groups excluding carboxylic acids is 4. The lowest BCUT2D eigenvalue weighted by Crippen LogP contribution is -2.53. The van der Waals surface area contributed by atoms with Gasteiger partial charge in [-0.05, 0) is 65.8 Å². The van der Waals surface area contributed by atoms with Crippen molar-refractivity contribution in [3.05, 3.63) is 134 Å². The zero-order chi connectivity index (χ0) is 38.3. The fourth-order valence-corrected chi connectivity index (χ4v) is 9.48. The third-order valence-electron chi connectivity index (χ3n) is 11.1. The van der Waals surface area contributed by atoms with Crippen LogP contribution in [-0.4, -0.2) is 43.6 Å². The molecule has 8 rings (SSSR count). The number of amides is 4. The van der Waals surface area contributed by atoms with E-state index in [4.69, 9.17) is 34.8 Å². The van der Waals surface area contributed by atoms with E-state index >= 15 is 4.79 Å². The van der Waals surface area contributed by atoms with Crippen LogP contribution in [0.2, 0.25) is 15.1 Å². The molecule has 15 heteroatoms. The van der Waals surface area contributed by atoms with Gasteiger partial charge in [-0.3, -0.25) is 29.5 Å². The van der Waals surface area contributed by atoms with Crippen molar-refractivity contribution in [2.45, 2.75) is 36.9 Å². The first kappa shape index (κ1) is 36.1. The molecule has 3 fully saturated rings. The van der Waals surface area contributed by atoms with E-state index in [-0.39, 0.29) is 41.9 Å². The second-order valence-corrected chi connectivity index (χ2v) is 15.1. The highest BCUT2D eigenvalue weighted by Crippen LogP contribution is 2.65. The number of hydrazine groups is 1. The van der Waals surface area contributed by atoms with E-state index in [1.807, 2.05) is 36.4 Å². The van der Waals surface area contributed by atoms with Crippen LogP contribution >= 0.6 is 34.8 Å². The molecule has 4 aromatic rings. The van der Waals surface area contributed by atoms with Crippen molar-refractivity contribution in [1.82, 2.24) is 14.9 Å². The summed E-state index contributed by atoms with van der Waals surface area (Å²) in [5.74, 6) is -7.31. The molecule has 54 heavy (non-hydrogen) atoms. The summed E-state index contributed by atoms with van der Waals surface area (Å²) in [5.41, 5.74) is 1.83. The Kier molecular flexibility index (Phi) is 8.78. The smallest absolute Gasteiger partial charge is 0.417 e. The highest BCUT2D eigenvalue weighted by molar-refractivity contribution is 6.33. The van der Waals surface area contributed by atoms with Crippen LogP contribution in [0.25, 0.3) is 0 Å². The Morgan fingerprint density at radius 3 is 2.26 bits per heavy atom. The van der Waals surface area contributed by atoms with Crippen LogP contribution in [0, 0.1) is 23.7 Å². The number of aromatic nitrogens is 1. The summed E-state index contributed by atoms with van der Waals surface area (Å²) in [6, 6.07) is 20.4. The number of nitrogens with one attached hydrogen (secondary N) is 1. The first-order valence-electron chi connectivity index (χ1n) is 16.9. The molecule has 2 saturated heterocycles. The summed E-state index contributed by atoms with van der Waals surface area (Å²) >= 11 is 19.4. The van der Waals surface area contributed by atoms with Crippen LogP contribution in [-0.2, 0) is 37.3 Å². The average molecular weight is 796 g/mol. The lowest BCUT2D eigenvalue weighted by molar-refractivity contribution is -0.142. The van der Waals surface area contributed by atoms with Gasteiger partial charge >= 0.3 is 6.18 Å². The number of phenolic OH excluding ortho intramolecular Hbond substituents is 1. The van der Waals surface area contributed by atoms with Gasteiger partial charge in [0.05, 0.1) is 40.3 Å². The molecule has 9 nitrogen and oxygen atoms in total. The molecule has 4 amide bonds. The predicted octanol–water partition coefficient (Wildman–Crippen LogP) is 7.95. The summed E-state index contributed by atoms with van der Waals surface area (Å²) in [6.07, 6.45) is -2.24. The molecule has 2 N–H and O–H groups in total. The molecule has 1 aromatic heterocycles. The number of phenols is 1. The Morgan fingerprint density at radius 1 is 0.870 bits per heavy atom. The minimum atomic E-state index is -4.75. The number of halogens is 6. The summed E-state index contributed by atoms with van der Waals surface area (Å²) in [7, 11) is 0. The van der Waals surface area contributed by atoms with Gasteiger partial charge in [0.2, 0.25) is 11.8 Å². The van der Waals surface area contributed by atoms with Crippen molar-refractivity contribution < 1.29 is 37.5 Å². The lowest BCUT2D eigenvalue weighted by Gasteiger charge is -2.50. The first-order valence-corrected chi connectivity index (χ1v) is 18.1. The van der Waals surface area contributed by atoms with Crippen molar-refractivity contribution >= 4 is 64.2 Å². The third kappa shape index (κ3) is 5.56. The monoisotopic (exact) mass is 794 g/mol. The lowest BCUT2D eigenvalue weighted by atomic mass is 9.49.